The molecule has 0 unspecified atom stereocenters. The largest absolute Gasteiger partial charge is 0.485 e. The Morgan fingerprint density at radius 2 is 1.81 bits per heavy atom. The van der Waals surface area contributed by atoms with Crippen molar-refractivity contribution < 1.29 is 9.53 Å². The number of Topliss-reactive ketones (excluding diaryl/α,β-unsaturated/α-hetero) is 1. The zero-order valence-corrected chi connectivity index (χ0v) is 13.1. The fraction of sp³-hybridized carbons (Fsp3) is 0.0625. The van der Waals surface area contributed by atoms with E-state index in [1.807, 2.05) is 42.5 Å². The summed E-state index contributed by atoms with van der Waals surface area (Å²) in [5.74, 6) is 0.468. The van der Waals surface area contributed by atoms with Gasteiger partial charge in [-0.3, -0.25) is 4.79 Å². The second-order valence-electron chi connectivity index (χ2n) is 4.46. The first-order valence-corrected chi connectivity index (χ1v) is 7.80. The molecule has 0 aliphatic carbocycles. The first-order chi connectivity index (χ1) is 10.1. The van der Waals surface area contributed by atoms with Crippen LogP contribution in [0.3, 0.4) is 0 Å². The number of carbonyl (C=O) groups is 1. The van der Waals surface area contributed by atoms with Crippen LogP contribution in [-0.2, 0) is 0 Å². The van der Waals surface area contributed by atoms with E-state index in [1.165, 1.54) is 11.3 Å². The summed E-state index contributed by atoms with van der Waals surface area (Å²) < 4.78 is 6.44. The van der Waals surface area contributed by atoms with E-state index in [2.05, 4.69) is 0 Å². The summed E-state index contributed by atoms with van der Waals surface area (Å²) in [5, 5.41) is 2.20. The average molecular weight is 337 g/mol. The van der Waals surface area contributed by atoms with E-state index >= 15 is 0 Å². The maximum Gasteiger partial charge on any atom is 0.202 e. The molecule has 106 valence electrons. The van der Waals surface area contributed by atoms with Gasteiger partial charge in [0.05, 0.1) is 9.90 Å². The lowest BCUT2D eigenvalue weighted by Gasteiger charge is -2.06. The molecule has 3 rings (SSSR count). The van der Waals surface area contributed by atoms with E-state index in [0.29, 0.717) is 20.0 Å². The minimum Gasteiger partial charge on any atom is -0.485 e. The Hall–Kier alpha value is -1.55. The molecule has 1 aromatic heterocycles. The number of benzene rings is 2. The Labute approximate surface area is 135 Å². The lowest BCUT2D eigenvalue weighted by Crippen LogP contribution is -2.11. The Kier molecular flexibility index (Phi) is 4.15. The lowest BCUT2D eigenvalue weighted by atomic mass is 10.1. The number of ether oxygens (including phenoxy) is 1. The van der Waals surface area contributed by atoms with E-state index in [0.717, 1.165) is 10.8 Å². The van der Waals surface area contributed by atoms with Gasteiger partial charge in [-0.2, -0.15) is 0 Å². The predicted molar refractivity (Wildman–Crippen MR) is 88.1 cm³/mol. The van der Waals surface area contributed by atoms with Gasteiger partial charge in [0.1, 0.15) is 10.1 Å². The monoisotopic (exact) mass is 336 g/mol. The summed E-state index contributed by atoms with van der Waals surface area (Å²) >= 11 is 13.0. The topological polar surface area (TPSA) is 26.3 Å². The third-order valence-electron chi connectivity index (χ3n) is 3.05. The fourth-order valence-corrected chi connectivity index (χ4v) is 3.51. The molecular weight excluding hydrogens is 327 g/mol. The molecule has 21 heavy (non-hydrogen) atoms. The van der Waals surface area contributed by atoms with Gasteiger partial charge in [-0.1, -0.05) is 53.5 Å². The summed E-state index contributed by atoms with van der Waals surface area (Å²) in [7, 11) is 0. The molecule has 0 aliphatic heterocycles. The molecule has 0 spiro atoms. The van der Waals surface area contributed by atoms with Crippen molar-refractivity contribution >= 4 is 51.1 Å². The van der Waals surface area contributed by atoms with Gasteiger partial charge in [-0.15, -0.1) is 11.3 Å². The van der Waals surface area contributed by atoms with E-state index in [9.17, 15) is 4.79 Å². The van der Waals surface area contributed by atoms with Gasteiger partial charge >= 0.3 is 0 Å². The Morgan fingerprint density at radius 3 is 2.52 bits per heavy atom. The van der Waals surface area contributed by atoms with Crippen LogP contribution in [0.5, 0.6) is 5.75 Å². The minimum atomic E-state index is -0.184. The molecule has 2 nitrogen and oxygen atoms in total. The summed E-state index contributed by atoms with van der Waals surface area (Å²) in [6.07, 6.45) is 0. The van der Waals surface area contributed by atoms with Crippen molar-refractivity contribution in [2.24, 2.45) is 0 Å². The number of hydrogen-bond donors (Lipinski definition) is 0. The number of hydrogen-bond acceptors (Lipinski definition) is 3. The van der Waals surface area contributed by atoms with Crippen molar-refractivity contribution in [1.29, 1.82) is 0 Å². The average Bonchev–Trinajstić information content (AvgIpc) is 2.83. The highest BCUT2D eigenvalue weighted by molar-refractivity contribution is 7.20. The van der Waals surface area contributed by atoms with E-state index < -0.39 is 0 Å². The molecule has 0 radical (unpaired) electrons. The highest BCUT2D eigenvalue weighted by atomic mass is 35.5. The second-order valence-corrected chi connectivity index (χ2v) is 6.74. The van der Waals surface area contributed by atoms with Gasteiger partial charge in [-0.25, -0.2) is 0 Å². The first kappa shape index (κ1) is 14.4. The molecule has 5 heteroatoms. The third-order valence-corrected chi connectivity index (χ3v) is 4.54. The molecule has 3 aromatic rings. The molecule has 0 saturated carbocycles. The fourth-order valence-electron chi connectivity index (χ4n) is 2.01. The van der Waals surface area contributed by atoms with Gasteiger partial charge in [0, 0.05) is 0 Å². The number of thiophene rings is 1. The zero-order chi connectivity index (χ0) is 14.8. The van der Waals surface area contributed by atoms with Crippen LogP contribution in [-0.4, -0.2) is 12.4 Å². The van der Waals surface area contributed by atoms with Gasteiger partial charge in [0.25, 0.3) is 0 Å². The summed E-state index contributed by atoms with van der Waals surface area (Å²) in [5.41, 5.74) is 0.410. The normalized spacial score (nSPS) is 10.8. The summed E-state index contributed by atoms with van der Waals surface area (Å²) in [6, 6.07) is 15.3. The van der Waals surface area contributed by atoms with E-state index in [4.69, 9.17) is 27.9 Å². The van der Waals surface area contributed by atoms with Crippen LogP contribution in [0, 0.1) is 0 Å². The Bertz CT molecular complexity index is 811. The lowest BCUT2D eigenvalue weighted by molar-refractivity contribution is 0.0922. The summed E-state index contributed by atoms with van der Waals surface area (Å²) in [4.78, 5) is 12.1. The molecule has 2 aromatic carbocycles. The van der Waals surface area contributed by atoms with Crippen LogP contribution >= 0.6 is 34.5 Å². The van der Waals surface area contributed by atoms with Crippen LogP contribution in [0.2, 0.25) is 8.67 Å². The van der Waals surface area contributed by atoms with Crippen molar-refractivity contribution in [1.82, 2.24) is 0 Å². The standard InChI is InChI=1S/C16H10Cl2O2S/c17-15-8-13(16(18)21-15)14(19)9-20-12-6-5-10-3-1-2-4-11(10)7-12/h1-8H,9H2. The first-order valence-electron chi connectivity index (χ1n) is 6.23. The van der Waals surface area contributed by atoms with Crippen LogP contribution in [0.4, 0.5) is 0 Å². The molecule has 1 heterocycles. The molecular formula is C16H10Cl2O2S. The van der Waals surface area contributed by atoms with Crippen molar-refractivity contribution in [2.75, 3.05) is 6.61 Å². The van der Waals surface area contributed by atoms with E-state index in [-0.39, 0.29) is 12.4 Å². The van der Waals surface area contributed by atoms with Gasteiger partial charge in [0.15, 0.2) is 6.61 Å². The minimum absolute atomic E-state index is 0.0644. The van der Waals surface area contributed by atoms with Gasteiger partial charge < -0.3 is 4.74 Å². The molecule has 0 saturated heterocycles. The van der Waals surface area contributed by atoms with Crippen LogP contribution in [0.25, 0.3) is 10.8 Å². The zero-order valence-electron chi connectivity index (χ0n) is 10.8. The number of carbonyl (C=O) groups excluding carboxylic acids is 1. The molecule has 0 N–H and O–H groups in total. The molecule has 0 atom stereocenters. The molecule has 0 amide bonds. The van der Waals surface area contributed by atoms with E-state index in [1.54, 1.807) is 6.07 Å². The van der Waals surface area contributed by atoms with Crippen molar-refractivity contribution in [2.45, 2.75) is 0 Å². The second kappa shape index (κ2) is 6.06. The van der Waals surface area contributed by atoms with Gasteiger partial charge in [0.2, 0.25) is 5.78 Å². The van der Waals surface area contributed by atoms with Crippen LogP contribution in [0.15, 0.2) is 48.5 Å². The molecule has 0 aliphatic rings. The summed E-state index contributed by atoms with van der Waals surface area (Å²) in [6.45, 7) is -0.0644. The Morgan fingerprint density at radius 1 is 1.05 bits per heavy atom. The van der Waals surface area contributed by atoms with Crippen LogP contribution in [0.1, 0.15) is 10.4 Å². The highest BCUT2D eigenvalue weighted by Crippen LogP contribution is 2.31. The predicted octanol–water partition coefficient (Wildman–Crippen LogP) is 5.47. The molecule has 0 fully saturated rings. The number of fused-ring (bicyclic) bond motifs is 1. The maximum absolute atomic E-state index is 12.1. The highest BCUT2D eigenvalue weighted by Gasteiger charge is 2.14. The number of halogens is 2. The maximum atomic E-state index is 12.1. The Balaban J connectivity index is 1.74. The molecule has 0 bridgehead atoms. The van der Waals surface area contributed by atoms with Gasteiger partial charge in [-0.05, 0) is 29.0 Å². The van der Waals surface area contributed by atoms with Crippen molar-refractivity contribution in [3.63, 3.8) is 0 Å². The number of rotatable bonds is 4. The quantitative estimate of drug-likeness (QED) is 0.590. The smallest absolute Gasteiger partial charge is 0.202 e. The SMILES string of the molecule is O=C(COc1ccc2ccccc2c1)c1cc(Cl)sc1Cl. The van der Waals surface area contributed by atoms with Crippen molar-refractivity contribution in [3.8, 4) is 5.75 Å². The number of ketones is 1. The third kappa shape index (κ3) is 3.21. The van der Waals surface area contributed by atoms with Crippen molar-refractivity contribution in [3.05, 3.63) is 62.8 Å². The van der Waals surface area contributed by atoms with Crippen LogP contribution < -0.4 is 4.74 Å².